The number of furan rings is 1. The Labute approximate surface area is 170 Å². The number of nitrogens with zero attached hydrogens (tertiary/aromatic N) is 2. The SMILES string of the molecule is CCCN(C(=O)c1ccc2c(c1)CCN2C(C)=O)C(C)c1cc2ccccc2o1. The van der Waals surface area contributed by atoms with Crippen LogP contribution in [0, 0.1) is 0 Å². The molecule has 0 fully saturated rings. The quantitative estimate of drug-likeness (QED) is 0.619. The van der Waals surface area contributed by atoms with E-state index in [-0.39, 0.29) is 17.9 Å². The second-order valence-electron chi connectivity index (χ2n) is 7.63. The first-order chi connectivity index (χ1) is 14.0. The van der Waals surface area contributed by atoms with E-state index in [1.165, 1.54) is 0 Å². The standard InChI is InChI=1S/C24H26N2O3/c1-4-12-25(16(2)23-15-19-7-5-6-8-22(19)29-23)24(28)20-9-10-21-18(14-20)11-13-26(21)17(3)27/h5-10,14-16H,4,11-13H2,1-3H3. The van der Waals surface area contributed by atoms with Gasteiger partial charge in [-0.15, -0.1) is 0 Å². The molecule has 0 spiro atoms. The van der Waals surface area contributed by atoms with Gasteiger partial charge in [-0.05, 0) is 55.7 Å². The molecule has 1 atom stereocenters. The number of hydrogen-bond acceptors (Lipinski definition) is 3. The number of carbonyl (C=O) groups is 2. The van der Waals surface area contributed by atoms with Crippen LogP contribution in [0.4, 0.5) is 5.69 Å². The summed E-state index contributed by atoms with van der Waals surface area (Å²) in [7, 11) is 0. The smallest absolute Gasteiger partial charge is 0.254 e. The minimum atomic E-state index is -0.170. The van der Waals surface area contributed by atoms with Crippen LogP contribution in [0.1, 0.15) is 54.9 Å². The highest BCUT2D eigenvalue weighted by atomic mass is 16.3. The van der Waals surface area contributed by atoms with E-state index in [0.29, 0.717) is 18.7 Å². The first-order valence-corrected chi connectivity index (χ1v) is 10.2. The van der Waals surface area contributed by atoms with Gasteiger partial charge >= 0.3 is 0 Å². The van der Waals surface area contributed by atoms with Crippen LogP contribution in [-0.2, 0) is 11.2 Å². The Hall–Kier alpha value is -3.08. The highest BCUT2D eigenvalue weighted by Crippen LogP contribution is 2.32. The highest BCUT2D eigenvalue weighted by Gasteiger charge is 2.27. The molecule has 2 heterocycles. The van der Waals surface area contributed by atoms with Crippen molar-refractivity contribution in [3.8, 4) is 0 Å². The normalized spacial score (nSPS) is 14.1. The molecule has 0 saturated heterocycles. The van der Waals surface area contributed by atoms with Gasteiger partial charge in [-0.2, -0.15) is 0 Å². The molecule has 1 aliphatic heterocycles. The van der Waals surface area contributed by atoms with Crippen LogP contribution in [-0.4, -0.2) is 29.8 Å². The topological polar surface area (TPSA) is 53.8 Å². The molecule has 5 heteroatoms. The summed E-state index contributed by atoms with van der Waals surface area (Å²) in [4.78, 5) is 28.8. The molecular weight excluding hydrogens is 364 g/mol. The molecule has 0 radical (unpaired) electrons. The minimum Gasteiger partial charge on any atom is -0.459 e. The van der Waals surface area contributed by atoms with Gasteiger partial charge in [0.05, 0.1) is 6.04 Å². The number of rotatable bonds is 5. The van der Waals surface area contributed by atoms with E-state index < -0.39 is 0 Å². The number of para-hydroxylation sites is 1. The van der Waals surface area contributed by atoms with E-state index in [1.54, 1.807) is 11.8 Å². The minimum absolute atomic E-state index is 0.0103. The van der Waals surface area contributed by atoms with Gasteiger partial charge in [0.1, 0.15) is 11.3 Å². The molecule has 5 nitrogen and oxygen atoms in total. The largest absolute Gasteiger partial charge is 0.459 e. The van der Waals surface area contributed by atoms with Gasteiger partial charge in [-0.1, -0.05) is 25.1 Å². The van der Waals surface area contributed by atoms with E-state index in [2.05, 4.69) is 6.92 Å². The zero-order valence-electron chi connectivity index (χ0n) is 17.1. The molecule has 4 rings (SSSR count). The first-order valence-electron chi connectivity index (χ1n) is 10.2. The third kappa shape index (κ3) is 3.53. The van der Waals surface area contributed by atoms with Crippen LogP contribution in [0.15, 0.2) is 52.9 Å². The van der Waals surface area contributed by atoms with Crippen molar-refractivity contribution in [2.45, 2.75) is 39.7 Å². The number of anilines is 1. The second-order valence-corrected chi connectivity index (χ2v) is 7.63. The van der Waals surface area contributed by atoms with Gasteiger partial charge in [-0.3, -0.25) is 9.59 Å². The van der Waals surface area contributed by atoms with E-state index >= 15 is 0 Å². The van der Waals surface area contributed by atoms with Crippen molar-refractivity contribution in [3.05, 3.63) is 65.4 Å². The molecule has 1 aliphatic rings. The van der Waals surface area contributed by atoms with Crippen LogP contribution < -0.4 is 4.90 Å². The molecule has 0 bridgehead atoms. The Balaban J connectivity index is 1.63. The van der Waals surface area contributed by atoms with E-state index in [4.69, 9.17) is 4.42 Å². The molecule has 150 valence electrons. The lowest BCUT2D eigenvalue weighted by Crippen LogP contribution is -2.34. The number of hydrogen-bond donors (Lipinski definition) is 0. The summed E-state index contributed by atoms with van der Waals surface area (Å²) in [6, 6.07) is 15.4. The highest BCUT2D eigenvalue weighted by molar-refractivity contribution is 5.98. The Morgan fingerprint density at radius 1 is 1.17 bits per heavy atom. The lowest BCUT2D eigenvalue weighted by molar-refractivity contribution is -0.116. The van der Waals surface area contributed by atoms with Gasteiger partial charge in [-0.25, -0.2) is 0 Å². The van der Waals surface area contributed by atoms with E-state index in [0.717, 1.165) is 40.8 Å². The molecule has 29 heavy (non-hydrogen) atoms. The Bertz CT molecular complexity index is 1040. The van der Waals surface area contributed by atoms with E-state index in [1.807, 2.05) is 60.4 Å². The maximum atomic E-state index is 13.4. The molecule has 3 aromatic rings. The van der Waals surface area contributed by atoms with Crippen LogP contribution in [0.25, 0.3) is 11.0 Å². The Morgan fingerprint density at radius 2 is 1.97 bits per heavy atom. The number of carbonyl (C=O) groups excluding carboxylic acids is 2. The fourth-order valence-corrected chi connectivity index (χ4v) is 4.10. The summed E-state index contributed by atoms with van der Waals surface area (Å²) >= 11 is 0. The lowest BCUT2D eigenvalue weighted by atomic mass is 10.1. The maximum Gasteiger partial charge on any atom is 0.254 e. The molecular formula is C24H26N2O3. The molecule has 2 amide bonds. The zero-order chi connectivity index (χ0) is 20.5. The van der Waals surface area contributed by atoms with Crippen molar-refractivity contribution in [2.75, 3.05) is 18.0 Å². The zero-order valence-corrected chi connectivity index (χ0v) is 17.1. The summed E-state index contributed by atoms with van der Waals surface area (Å²) in [6.45, 7) is 6.98. The molecule has 1 unspecified atom stereocenters. The Morgan fingerprint density at radius 3 is 2.69 bits per heavy atom. The van der Waals surface area contributed by atoms with Gasteiger partial charge in [0.25, 0.3) is 5.91 Å². The summed E-state index contributed by atoms with van der Waals surface area (Å²) in [5, 5.41) is 1.04. The molecule has 0 aliphatic carbocycles. The number of benzene rings is 2. The van der Waals surface area contributed by atoms with Crippen molar-refractivity contribution >= 4 is 28.5 Å². The second kappa shape index (κ2) is 7.74. The summed E-state index contributed by atoms with van der Waals surface area (Å²) in [6.07, 6.45) is 1.64. The monoisotopic (exact) mass is 390 g/mol. The average Bonchev–Trinajstić information content (AvgIpc) is 3.34. The number of fused-ring (bicyclic) bond motifs is 2. The van der Waals surface area contributed by atoms with Gasteiger partial charge < -0.3 is 14.2 Å². The van der Waals surface area contributed by atoms with Crippen molar-refractivity contribution < 1.29 is 14.0 Å². The fraction of sp³-hybridized carbons (Fsp3) is 0.333. The van der Waals surface area contributed by atoms with Crippen LogP contribution in [0.2, 0.25) is 0 Å². The predicted octanol–water partition coefficient (Wildman–Crippen LogP) is 4.96. The summed E-state index contributed by atoms with van der Waals surface area (Å²) in [5.74, 6) is 0.815. The Kier molecular flexibility index (Phi) is 5.14. The molecule has 0 N–H and O–H groups in total. The molecule has 2 aromatic carbocycles. The predicted molar refractivity (Wildman–Crippen MR) is 114 cm³/mol. The van der Waals surface area contributed by atoms with Crippen LogP contribution >= 0.6 is 0 Å². The van der Waals surface area contributed by atoms with Crippen LogP contribution in [0.5, 0.6) is 0 Å². The van der Waals surface area contributed by atoms with Crippen molar-refractivity contribution in [1.29, 1.82) is 0 Å². The lowest BCUT2D eigenvalue weighted by Gasteiger charge is -2.28. The summed E-state index contributed by atoms with van der Waals surface area (Å²) in [5.41, 5.74) is 3.46. The van der Waals surface area contributed by atoms with E-state index in [9.17, 15) is 9.59 Å². The van der Waals surface area contributed by atoms with Crippen molar-refractivity contribution in [3.63, 3.8) is 0 Å². The van der Waals surface area contributed by atoms with Gasteiger partial charge in [0, 0.05) is 36.7 Å². The van der Waals surface area contributed by atoms with Crippen molar-refractivity contribution in [2.24, 2.45) is 0 Å². The third-order valence-electron chi connectivity index (χ3n) is 5.65. The third-order valence-corrected chi connectivity index (χ3v) is 5.65. The first kappa shape index (κ1) is 19.2. The number of amides is 2. The fourth-order valence-electron chi connectivity index (χ4n) is 4.10. The van der Waals surface area contributed by atoms with Crippen LogP contribution in [0.3, 0.4) is 0 Å². The van der Waals surface area contributed by atoms with Gasteiger partial charge in [0.2, 0.25) is 5.91 Å². The summed E-state index contributed by atoms with van der Waals surface area (Å²) < 4.78 is 6.02. The average molecular weight is 390 g/mol. The molecule has 0 saturated carbocycles. The van der Waals surface area contributed by atoms with Gasteiger partial charge in [0.15, 0.2) is 0 Å². The maximum absolute atomic E-state index is 13.4. The molecule has 1 aromatic heterocycles. The van der Waals surface area contributed by atoms with Crippen molar-refractivity contribution in [1.82, 2.24) is 4.90 Å².